The normalized spacial score (nSPS) is 10.6. The van der Waals surface area contributed by atoms with Crippen molar-refractivity contribution < 1.29 is 0 Å². The number of anilines is 1. The van der Waals surface area contributed by atoms with Crippen molar-refractivity contribution in [3.8, 4) is 0 Å². The molecule has 0 amide bonds. The molecule has 6 nitrogen and oxygen atoms in total. The number of aryl methyl sites for hydroxylation is 1. The quantitative estimate of drug-likeness (QED) is 0.682. The Morgan fingerprint density at radius 1 is 1.29 bits per heavy atom. The molecule has 0 aromatic carbocycles. The summed E-state index contributed by atoms with van der Waals surface area (Å²) in [5.41, 5.74) is -0.828. The van der Waals surface area contributed by atoms with Crippen molar-refractivity contribution in [3.05, 3.63) is 20.8 Å². The van der Waals surface area contributed by atoms with Crippen molar-refractivity contribution in [3.63, 3.8) is 0 Å². The number of nitrogens with one attached hydrogen (secondary N) is 1. The van der Waals surface area contributed by atoms with Crippen molar-refractivity contribution in [2.45, 2.75) is 19.9 Å². The SMILES string of the molecule is CC(C)Nc1nn(C)c(=O)n(C)c1=O. The molecule has 1 N–H and O–H groups in total. The van der Waals surface area contributed by atoms with E-state index in [0.717, 1.165) is 9.25 Å². The molecule has 1 rings (SSSR count). The van der Waals surface area contributed by atoms with Crippen molar-refractivity contribution >= 4 is 5.82 Å². The fourth-order valence-corrected chi connectivity index (χ4v) is 1.06. The van der Waals surface area contributed by atoms with Gasteiger partial charge in [-0.05, 0) is 13.8 Å². The van der Waals surface area contributed by atoms with Crippen LogP contribution in [0.4, 0.5) is 5.82 Å². The van der Waals surface area contributed by atoms with Crippen molar-refractivity contribution in [2.75, 3.05) is 5.32 Å². The Morgan fingerprint density at radius 2 is 1.86 bits per heavy atom. The van der Waals surface area contributed by atoms with Crippen LogP contribution in [0.5, 0.6) is 0 Å². The molecule has 0 fully saturated rings. The molecule has 6 heteroatoms. The van der Waals surface area contributed by atoms with E-state index < -0.39 is 11.2 Å². The molecular formula is C8H14N4O2. The van der Waals surface area contributed by atoms with Gasteiger partial charge in [0.05, 0.1) is 0 Å². The second-order valence-corrected chi connectivity index (χ2v) is 3.42. The van der Waals surface area contributed by atoms with Gasteiger partial charge in [0.25, 0.3) is 5.56 Å². The molecule has 0 aliphatic carbocycles. The van der Waals surface area contributed by atoms with Gasteiger partial charge in [-0.2, -0.15) is 0 Å². The van der Waals surface area contributed by atoms with Crippen LogP contribution in [0.25, 0.3) is 0 Å². The maximum Gasteiger partial charge on any atom is 0.346 e. The lowest BCUT2D eigenvalue weighted by atomic mass is 10.4. The second kappa shape index (κ2) is 3.65. The Hall–Kier alpha value is -1.59. The molecular weight excluding hydrogens is 184 g/mol. The third kappa shape index (κ3) is 1.84. The molecule has 0 atom stereocenters. The first-order chi connectivity index (χ1) is 6.43. The minimum Gasteiger partial charge on any atom is -0.362 e. The van der Waals surface area contributed by atoms with Crippen molar-refractivity contribution in [1.29, 1.82) is 0 Å². The van der Waals surface area contributed by atoms with Gasteiger partial charge in [-0.1, -0.05) is 0 Å². The molecule has 1 aromatic heterocycles. The first-order valence-electron chi connectivity index (χ1n) is 4.34. The van der Waals surface area contributed by atoms with E-state index in [1.807, 2.05) is 13.8 Å². The van der Waals surface area contributed by atoms with Gasteiger partial charge in [-0.3, -0.25) is 9.36 Å². The Kier molecular flexibility index (Phi) is 2.73. The van der Waals surface area contributed by atoms with E-state index in [0.29, 0.717) is 0 Å². The fourth-order valence-electron chi connectivity index (χ4n) is 1.06. The second-order valence-electron chi connectivity index (χ2n) is 3.42. The highest BCUT2D eigenvalue weighted by Gasteiger charge is 2.08. The van der Waals surface area contributed by atoms with E-state index in [4.69, 9.17) is 0 Å². The number of hydrogen-bond acceptors (Lipinski definition) is 4. The summed E-state index contributed by atoms with van der Waals surface area (Å²) in [7, 11) is 2.94. The molecule has 0 aliphatic heterocycles. The first kappa shape index (κ1) is 10.5. The highest BCUT2D eigenvalue weighted by molar-refractivity contribution is 5.30. The van der Waals surface area contributed by atoms with Gasteiger partial charge in [0, 0.05) is 20.1 Å². The van der Waals surface area contributed by atoms with E-state index in [1.165, 1.54) is 14.1 Å². The highest BCUT2D eigenvalue weighted by atomic mass is 16.2. The third-order valence-electron chi connectivity index (χ3n) is 1.75. The summed E-state index contributed by atoms with van der Waals surface area (Å²) in [5.74, 6) is 0.199. The van der Waals surface area contributed by atoms with Crippen molar-refractivity contribution in [2.24, 2.45) is 14.1 Å². The molecule has 0 spiro atoms. The lowest BCUT2D eigenvalue weighted by Gasteiger charge is -2.09. The topological polar surface area (TPSA) is 68.9 Å². The summed E-state index contributed by atoms with van der Waals surface area (Å²) in [5, 5.41) is 6.71. The molecule has 1 aromatic rings. The summed E-state index contributed by atoms with van der Waals surface area (Å²) in [6.45, 7) is 3.79. The number of rotatable bonds is 2. The maximum absolute atomic E-state index is 11.5. The summed E-state index contributed by atoms with van der Waals surface area (Å²) in [6.07, 6.45) is 0. The van der Waals surface area contributed by atoms with Crippen LogP contribution in [0.2, 0.25) is 0 Å². The Labute approximate surface area is 81.2 Å². The van der Waals surface area contributed by atoms with Gasteiger partial charge in [0.15, 0.2) is 0 Å². The standard InChI is InChI=1S/C8H14N4O2/c1-5(2)9-6-7(13)11(3)8(14)12(4)10-6/h5H,1-4H3,(H,9,10). The predicted octanol–water partition coefficient (Wildman–Crippen LogP) is -0.701. The number of aromatic nitrogens is 3. The lowest BCUT2D eigenvalue weighted by Crippen LogP contribution is -2.40. The maximum atomic E-state index is 11.5. The first-order valence-corrected chi connectivity index (χ1v) is 4.34. The zero-order valence-corrected chi connectivity index (χ0v) is 8.74. The van der Waals surface area contributed by atoms with Crippen molar-refractivity contribution in [1.82, 2.24) is 14.3 Å². The summed E-state index contributed by atoms with van der Waals surface area (Å²) in [6, 6.07) is 0.104. The minimum absolute atomic E-state index is 0.104. The Balaban J connectivity index is 3.34. The summed E-state index contributed by atoms with van der Waals surface area (Å²) >= 11 is 0. The third-order valence-corrected chi connectivity index (χ3v) is 1.75. The van der Waals surface area contributed by atoms with E-state index in [2.05, 4.69) is 10.4 Å². The van der Waals surface area contributed by atoms with Gasteiger partial charge < -0.3 is 5.32 Å². The Morgan fingerprint density at radius 3 is 2.36 bits per heavy atom. The van der Waals surface area contributed by atoms with Gasteiger partial charge in [-0.15, -0.1) is 5.10 Å². The number of hydrogen-bond donors (Lipinski definition) is 1. The zero-order chi connectivity index (χ0) is 10.9. The smallest absolute Gasteiger partial charge is 0.346 e. The highest BCUT2D eigenvalue weighted by Crippen LogP contribution is 1.92. The lowest BCUT2D eigenvalue weighted by molar-refractivity contribution is 0.601. The van der Waals surface area contributed by atoms with Crippen LogP contribution < -0.4 is 16.6 Å². The molecule has 0 radical (unpaired) electrons. The monoisotopic (exact) mass is 198 g/mol. The molecule has 0 unspecified atom stereocenters. The molecule has 1 heterocycles. The van der Waals surface area contributed by atoms with Crippen LogP contribution in [0.1, 0.15) is 13.8 Å². The molecule has 0 aliphatic rings. The average Bonchev–Trinajstić information content (AvgIpc) is 2.10. The van der Waals surface area contributed by atoms with Crippen LogP contribution in [0.3, 0.4) is 0 Å². The number of nitrogens with zero attached hydrogens (tertiary/aromatic N) is 3. The molecule has 0 bridgehead atoms. The van der Waals surface area contributed by atoms with Crippen LogP contribution in [0, 0.1) is 0 Å². The predicted molar refractivity (Wildman–Crippen MR) is 53.5 cm³/mol. The minimum atomic E-state index is -0.427. The van der Waals surface area contributed by atoms with E-state index in [9.17, 15) is 9.59 Å². The van der Waals surface area contributed by atoms with E-state index in [-0.39, 0.29) is 11.9 Å². The molecule has 14 heavy (non-hydrogen) atoms. The summed E-state index contributed by atoms with van der Waals surface area (Å²) in [4.78, 5) is 22.8. The van der Waals surface area contributed by atoms with Crippen LogP contribution in [-0.4, -0.2) is 20.4 Å². The Bertz CT molecular complexity index is 444. The van der Waals surface area contributed by atoms with Gasteiger partial charge in [-0.25, -0.2) is 9.48 Å². The molecule has 0 saturated carbocycles. The zero-order valence-electron chi connectivity index (χ0n) is 8.74. The van der Waals surface area contributed by atoms with Gasteiger partial charge in [0.1, 0.15) is 0 Å². The van der Waals surface area contributed by atoms with Gasteiger partial charge >= 0.3 is 5.69 Å². The van der Waals surface area contributed by atoms with Crippen LogP contribution in [0.15, 0.2) is 9.59 Å². The van der Waals surface area contributed by atoms with E-state index >= 15 is 0 Å². The largest absolute Gasteiger partial charge is 0.362 e. The van der Waals surface area contributed by atoms with Crippen LogP contribution >= 0.6 is 0 Å². The summed E-state index contributed by atoms with van der Waals surface area (Å²) < 4.78 is 2.16. The van der Waals surface area contributed by atoms with Gasteiger partial charge in [0.2, 0.25) is 5.82 Å². The van der Waals surface area contributed by atoms with Crippen LogP contribution in [-0.2, 0) is 14.1 Å². The molecule has 78 valence electrons. The average molecular weight is 198 g/mol. The fraction of sp³-hybridized carbons (Fsp3) is 0.625. The van der Waals surface area contributed by atoms with E-state index in [1.54, 1.807) is 0 Å². The molecule has 0 saturated heterocycles.